The maximum absolute atomic E-state index is 16.3. The zero-order valence-electron chi connectivity index (χ0n) is 25.8. The highest BCUT2D eigenvalue weighted by Crippen LogP contribution is 2.61. The third kappa shape index (κ3) is 3.24. The average molecular weight is 639 g/mol. The van der Waals surface area contributed by atoms with Gasteiger partial charge in [0.15, 0.2) is 18.6 Å². The number of rotatable bonds is 2. The maximum atomic E-state index is 16.3. The van der Waals surface area contributed by atoms with Crippen LogP contribution >= 0.6 is 7.14 Å². The van der Waals surface area contributed by atoms with Crippen molar-refractivity contribution < 1.29 is 14.0 Å². The second-order valence-electron chi connectivity index (χ2n) is 12.7. The topological polar surface area (TPSA) is 45.4 Å². The Balaban J connectivity index is 1.37. The summed E-state index contributed by atoms with van der Waals surface area (Å²) in [4.78, 5) is 0. The van der Waals surface area contributed by atoms with Gasteiger partial charge in [0.2, 0.25) is 0 Å². The predicted molar refractivity (Wildman–Crippen MR) is 195 cm³/mol. The maximum Gasteiger partial charge on any atom is 0.185 e. The normalized spacial score (nSPS) is 17.0. The van der Waals surface area contributed by atoms with E-state index in [2.05, 4.69) is 100 Å². The summed E-state index contributed by atoms with van der Waals surface area (Å²) in [6.07, 6.45) is 6.33. The Morgan fingerprint density at radius 1 is 0.562 bits per heavy atom. The van der Waals surface area contributed by atoms with Gasteiger partial charge in [-0.3, -0.25) is 0 Å². The van der Waals surface area contributed by atoms with E-state index in [1.165, 1.54) is 16.6 Å². The van der Waals surface area contributed by atoms with Gasteiger partial charge < -0.3 is 23.2 Å². The molecule has 0 radical (unpaired) electrons. The van der Waals surface area contributed by atoms with Crippen molar-refractivity contribution in [1.82, 2.24) is 9.13 Å². The second-order valence-corrected chi connectivity index (χ2v) is 15.3. The van der Waals surface area contributed by atoms with Crippen molar-refractivity contribution in [2.24, 2.45) is 0 Å². The van der Waals surface area contributed by atoms with Crippen LogP contribution in [0.5, 0.6) is 23.0 Å². The van der Waals surface area contributed by atoms with Crippen molar-refractivity contribution in [2.75, 3.05) is 0 Å². The van der Waals surface area contributed by atoms with Crippen LogP contribution in [0.1, 0.15) is 17.7 Å². The van der Waals surface area contributed by atoms with Gasteiger partial charge in [0.25, 0.3) is 0 Å². The monoisotopic (exact) mass is 638 g/mol. The number of para-hydroxylation sites is 5. The lowest BCUT2D eigenvalue weighted by atomic mass is 10.0. The molecule has 2 aromatic heterocycles. The lowest BCUT2D eigenvalue weighted by molar-refractivity contribution is 0.459. The van der Waals surface area contributed by atoms with E-state index in [1.807, 2.05) is 48.5 Å². The minimum atomic E-state index is -3.47. The average Bonchev–Trinajstić information content (AvgIpc) is 3.65. The Morgan fingerprint density at radius 3 is 1.69 bits per heavy atom. The molecule has 48 heavy (non-hydrogen) atoms. The first-order valence-corrected chi connectivity index (χ1v) is 18.1. The third-order valence-corrected chi connectivity index (χ3v) is 13.4. The van der Waals surface area contributed by atoms with Gasteiger partial charge in [-0.25, -0.2) is 0 Å². The summed E-state index contributed by atoms with van der Waals surface area (Å²) in [5.41, 5.74) is 7.33. The van der Waals surface area contributed by atoms with Gasteiger partial charge in [-0.2, -0.15) is 0 Å². The molecule has 228 valence electrons. The first-order valence-electron chi connectivity index (χ1n) is 16.4. The SMILES string of the molecule is O=P12c3ccccc3Oc3c(-n4c5c(c6ccccc64)C=CCC5)cc(-n4c5ccccc5c5ccccc54)c(c31)Oc1ccccc12. The first-order chi connectivity index (χ1) is 23.7. The Kier molecular flexibility index (Phi) is 5.16. The lowest BCUT2D eigenvalue weighted by Crippen LogP contribution is -2.36. The molecule has 6 aromatic carbocycles. The van der Waals surface area contributed by atoms with Crippen LogP contribution in [0.25, 0.3) is 50.2 Å². The molecule has 0 amide bonds. The Morgan fingerprint density at radius 2 is 1.06 bits per heavy atom. The van der Waals surface area contributed by atoms with Gasteiger partial charge in [0.05, 0.1) is 38.5 Å². The van der Waals surface area contributed by atoms with Crippen LogP contribution in [0.2, 0.25) is 0 Å². The molecule has 4 heterocycles. The minimum Gasteiger partial charge on any atom is -0.453 e. The van der Waals surface area contributed by atoms with Gasteiger partial charge in [0.1, 0.15) is 16.8 Å². The second kappa shape index (κ2) is 9.41. The van der Waals surface area contributed by atoms with Crippen LogP contribution in [0.3, 0.4) is 0 Å². The summed E-state index contributed by atoms with van der Waals surface area (Å²) < 4.78 is 34.8. The number of aromatic nitrogens is 2. The molecule has 0 saturated heterocycles. The fraction of sp³-hybridized carbons (Fsp3) is 0.0476. The molecule has 8 aromatic rings. The fourth-order valence-electron chi connectivity index (χ4n) is 8.25. The molecule has 1 atom stereocenters. The van der Waals surface area contributed by atoms with E-state index in [1.54, 1.807) is 0 Å². The van der Waals surface area contributed by atoms with E-state index in [-0.39, 0.29) is 0 Å². The van der Waals surface area contributed by atoms with Crippen molar-refractivity contribution in [3.8, 4) is 34.4 Å². The van der Waals surface area contributed by atoms with Gasteiger partial charge in [-0.15, -0.1) is 0 Å². The van der Waals surface area contributed by atoms with E-state index in [4.69, 9.17) is 9.47 Å². The molecule has 0 spiro atoms. The van der Waals surface area contributed by atoms with E-state index >= 15 is 4.57 Å². The van der Waals surface area contributed by atoms with Crippen LogP contribution in [-0.2, 0) is 11.0 Å². The number of benzene rings is 6. The lowest BCUT2D eigenvalue weighted by Gasteiger charge is -2.37. The number of hydrogen-bond donors (Lipinski definition) is 0. The number of allylic oxidation sites excluding steroid dienone is 1. The molecule has 0 saturated carbocycles. The van der Waals surface area contributed by atoms with Crippen LogP contribution in [0.4, 0.5) is 0 Å². The van der Waals surface area contributed by atoms with Crippen molar-refractivity contribution in [2.45, 2.75) is 12.8 Å². The molecule has 0 N–H and O–H groups in total. The number of fused-ring (bicyclic) bond motifs is 10. The summed E-state index contributed by atoms with van der Waals surface area (Å²) in [6.45, 7) is 0. The van der Waals surface area contributed by atoms with Crippen LogP contribution in [0, 0.1) is 0 Å². The highest BCUT2D eigenvalue weighted by molar-refractivity contribution is 7.86. The molecule has 1 aliphatic carbocycles. The standard InChI is InChI=1S/C42H27N2O3P/c45-48-38-23-11-9-21-36(38)46-40-34(43-30-17-5-1-13-26(30)27-14-2-6-18-31(27)43)25-35(41(42(40)48)47-37-22-10-12-24-39(37)48)44-32-19-7-3-15-28(32)29-16-4-8-20-33(29)44/h1-7,9-19,21-25H,8,20H2. The predicted octanol–water partition coefficient (Wildman–Crippen LogP) is 9.54. The van der Waals surface area contributed by atoms with Crippen molar-refractivity contribution in [3.63, 3.8) is 0 Å². The highest BCUT2D eigenvalue weighted by Gasteiger charge is 2.49. The summed E-state index contributed by atoms with van der Waals surface area (Å²) in [7, 11) is -3.47. The number of nitrogens with zero attached hydrogens (tertiary/aromatic N) is 2. The zero-order valence-corrected chi connectivity index (χ0v) is 26.7. The number of ether oxygens (including phenoxy) is 2. The molecule has 5 nitrogen and oxygen atoms in total. The molecule has 6 heteroatoms. The Labute approximate surface area is 276 Å². The molecular weight excluding hydrogens is 611 g/mol. The summed E-state index contributed by atoms with van der Waals surface area (Å²) >= 11 is 0. The highest BCUT2D eigenvalue weighted by atomic mass is 31.2. The van der Waals surface area contributed by atoms with Gasteiger partial charge in [-0.05, 0) is 61.4 Å². The zero-order chi connectivity index (χ0) is 31.6. The van der Waals surface area contributed by atoms with Crippen LogP contribution in [-0.4, -0.2) is 9.13 Å². The molecule has 1 unspecified atom stereocenters. The Bertz CT molecular complexity index is 2720. The van der Waals surface area contributed by atoms with Gasteiger partial charge >= 0.3 is 0 Å². The van der Waals surface area contributed by atoms with E-state index in [0.717, 1.165) is 51.5 Å². The van der Waals surface area contributed by atoms with Gasteiger partial charge in [-0.1, -0.05) is 91.0 Å². The molecule has 2 aliphatic heterocycles. The quantitative estimate of drug-likeness (QED) is 0.177. The van der Waals surface area contributed by atoms with Gasteiger partial charge in [0, 0.05) is 27.4 Å². The molecule has 3 aliphatic rings. The van der Waals surface area contributed by atoms with Crippen LogP contribution < -0.4 is 25.4 Å². The Hall–Kier alpha value is -5.77. The first kappa shape index (κ1) is 26.3. The van der Waals surface area contributed by atoms with E-state index in [0.29, 0.717) is 38.9 Å². The molecule has 0 bridgehead atoms. The van der Waals surface area contributed by atoms with Crippen molar-refractivity contribution in [3.05, 3.63) is 145 Å². The molecular formula is C42H27N2O3P. The summed E-state index contributed by atoms with van der Waals surface area (Å²) in [6, 6.07) is 43.3. The van der Waals surface area contributed by atoms with Crippen molar-refractivity contribution >= 4 is 61.8 Å². The van der Waals surface area contributed by atoms with E-state index in [9.17, 15) is 0 Å². The van der Waals surface area contributed by atoms with Crippen molar-refractivity contribution in [1.29, 1.82) is 0 Å². The largest absolute Gasteiger partial charge is 0.453 e. The summed E-state index contributed by atoms with van der Waals surface area (Å²) in [5, 5.41) is 5.49. The smallest absolute Gasteiger partial charge is 0.185 e. The third-order valence-electron chi connectivity index (χ3n) is 10.2. The molecule has 11 rings (SSSR count). The van der Waals surface area contributed by atoms with E-state index < -0.39 is 7.14 Å². The minimum absolute atomic E-state index is 0.571. The summed E-state index contributed by atoms with van der Waals surface area (Å²) in [5.74, 6) is 2.39. The van der Waals surface area contributed by atoms with Crippen LogP contribution in [0.15, 0.2) is 133 Å². The fourth-order valence-corrected chi connectivity index (χ4v) is 11.3. The molecule has 0 fully saturated rings. The number of hydrogen-bond acceptors (Lipinski definition) is 3.